The maximum Gasteiger partial charge on any atom is 0.341 e. The minimum absolute atomic E-state index is 0.00310. The molecule has 4 saturated carbocycles. The molecule has 0 unspecified atom stereocenters. The molecule has 150 valence electrons. The summed E-state index contributed by atoms with van der Waals surface area (Å²) in [5, 5.41) is 5.57. The maximum absolute atomic E-state index is 12.3. The molecule has 1 aromatic carbocycles. The zero-order valence-electron chi connectivity index (χ0n) is 15.3. The Labute approximate surface area is 173 Å². The van der Waals surface area contributed by atoms with E-state index in [2.05, 4.69) is 10.6 Å². The van der Waals surface area contributed by atoms with E-state index < -0.39 is 24.5 Å². The minimum Gasteiger partial charge on any atom is -0.452 e. The Hall–Kier alpha value is -1.79. The molecule has 3 amide bonds. The average molecular weight is 425 g/mol. The summed E-state index contributed by atoms with van der Waals surface area (Å²) in [6, 6.07) is 4.08. The predicted octanol–water partition coefficient (Wildman–Crippen LogP) is 3.94. The fraction of sp³-hybridized carbons (Fsp3) is 0.550. The number of rotatable bonds is 4. The molecule has 5 rings (SSSR count). The Bertz CT molecular complexity index is 771. The van der Waals surface area contributed by atoms with Crippen LogP contribution in [0.2, 0.25) is 10.0 Å². The lowest BCUT2D eigenvalue weighted by molar-refractivity contribution is -0.123. The van der Waals surface area contributed by atoms with Crippen LogP contribution in [0.25, 0.3) is 0 Å². The van der Waals surface area contributed by atoms with Crippen LogP contribution in [-0.4, -0.2) is 30.1 Å². The van der Waals surface area contributed by atoms with Gasteiger partial charge in [-0.25, -0.2) is 9.59 Å². The number of carbonyl (C=O) groups excluding carboxylic acids is 3. The van der Waals surface area contributed by atoms with E-state index in [1.165, 1.54) is 31.4 Å². The second-order valence-corrected chi connectivity index (χ2v) is 9.19. The van der Waals surface area contributed by atoms with Crippen LogP contribution < -0.4 is 10.6 Å². The Kier molecular flexibility index (Phi) is 5.27. The van der Waals surface area contributed by atoms with Crippen molar-refractivity contribution in [2.75, 3.05) is 6.61 Å². The van der Waals surface area contributed by atoms with Gasteiger partial charge in [-0.2, -0.15) is 0 Å². The quantitative estimate of drug-likeness (QED) is 0.716. The summed E-state index contributed by atoms with van der Waals surface area (Å²) in [4.78, 5) is 36.5. The van der Waals surface area contributed by atoms with Gasteiger partial charge in [0.2, 0.25) is 0 Å². The molecule has 4 bridgehead atoms. The van der Waals surface area contributed by atoms with Gasteiger partial charge in [-0.15, -0.1) is 0 Å². The number of esters is 1. The first-order valence-corrected chi connectivity index (χ1v) is 10.3. The molecule has 0 saturated heterocycles. The summed E-state index contributed by atoms with van der Waals surface area (Å²) in [6.07, 6.45) is 6.76. The third-order valence-corrected chi connectivity index (χ3v) is 6.80. The highest BCUT2D eigenvalue weighted by atomic mass is 35.5. The summed E-state index contributed by atoms with van der Waals surface area (Å²) in [5.41, 5.74) is -0.197. The first kappa shape index (κ1) is 19.5. The van der Waals surface area contributed by atoms with E-state index in [4.69, 9.17) is 27.9 Å². The zero-order chi connectivity index (χ0) is 19.9. The fourth-order valence-corrected chi connectivity index (χ4v) is 6.15. The van der Waals surface area contributed by atoms with Gasteiger partial charge in [0.25, 0.3) is 5.91 Å². The second-order valence-electron chi connectivity index (χ2n) is 8.37. The third kappa shape index (κ3) is 3.98. The molecule has 4 aliphatic carbocycles. The fourth-order valence-electron chi connectivity index (χ4n) is 5.59. The molecule has 0 aliphatic heterocycles. The minimum atomic E-state index is -0.813. The van der Waals surface area contributed by atoms with E-state index in [0.717, 1.165) is 19.3 Å². The lowest BCUT2D eigenvalue weighted by atomic mass is 9.53. The van der Waals surface area contributed by atoms with Gasteiger partial charge in [-0.05, 0) is 68.4 Å². The highest BCUT2D eigenvalue weighted by Gasteiger charge is 2.51. The zero-order valence-corrected chi connectivity index (χ0v) is 16.8. The van der Waals surface area contributed by atoms with Crippen LogP contribution in [0.3, 0.4) is 0 Å². The van der Waals surface area contributed by atoms with E-state index in [-0.39, 0.29) is 21.1 Å². The molecule has 28 heavy (non-hydrogen) atoms. The van der Waals surface area contributed by atoms with Crippen molar-refractivity contribution in [1.82, 2.24) is 10.6 Å². The van der Waals surface area contributed by atoms with Gasteiger partial charge in [0.15, 0.2) is 6.61 Å². The lowest BCUT2D eigenvalue weighted by Crippen LogP contribution is -2.62. The highest BCUT2D eigenvalue weighted by Crippen LogP contribution is 2.55. The Balaban J connectivity index is 1.28. The van der Waals surface area contributed by atoms with Crippen molar-refractivity contribution in [3.63, 3.8) is 0 Å². The van der Waals surface area contributed by atoms with E-state index in [0.29, 0.717) is 17.8 Å². The number of halogens is 2. The monoisotopic (exact) mass is 424 g/mol. The largest absolute Gasteiger partial charge is 0.452 e. The van der Waals surface area contributed by atoms with Gasteiger partial charge in [-0.1, -0.05) is 29.3 Å². The third-order valence-electron chi connectivity index (χ3n) is 6.17. The van der Waals surface area contributed by atoms with Gasteiger partial charge in [0, 0.05) is 5.54 Å². The van der Waals surface area contributed by atoms with Crippen molar-refractivity contribution in [1.29, 1.82) is 0 Å². The van der Waals surface area contributed by atoms with Crippen LogP contribution in [0.1, 0.15) is 48.9 Å². The summed E-state index contributed by atoms with van der Waals surface area (Å²) in [7, 11) is 0. The van der Waals surface area contributed by atoms with Crippen molar-refractivity contribution in [2.45, 2.75) is 44.1 Å². The first-order valence-electron chi connectivity index (χ1n) is 9.57. The lowest BCUT2D eigenvalue weighted by Gasteiger charge is -2.56. The summed E-state index contributed by atoms with van der Waals surface area (Å²) >= 11 is 11.9. The van der Waals surface area contributed by atoms with Crippen LogP contribution in [0.15, 0.2) is 18.2 Å². The molecule has 8 heteroatoms. The Morgan fingerprint density at radius 3 is 2.07 bits per heavy atom. The molecule has 6 nitrogen and oxygen atoms in total. The van der Waals surface area contributed by atoms with E-state index >= 15 is 0 Å². The van der Waals surface area contributed by atoms with Crippen molar-refractivity contribution in [3.05, 3.63) is 33.8 Å². The number of hydrogen-bond donors (Lipinski definition) is 2. The van der Waals surface area contributed by atoms with Crippen molar-refractivity contribution >= 4 is 41.1 Å². The van der Waals surface area contributed by atoms with E-state index in [1.54, 1.807) is 6.07 Å². The molecule has 4 fully saturated rings. The molecule has 0 atom stereocenters. The molecule has 2 N–H and O–H groups in total. The Morgan fingerprint density at radius 2 is 1.54 bits per heavy atom. The first-order chi connectivity index (χ1) is 13.3. The summed E-state index contributed by atoms with van der Waals surface area (Å²) in [6.45, 7) is -0.589. The number of urea groups is 1. The summed E-state index contributed by atoms with van der Waals surface area (Å²) in [5.74, 6) is 0.543. The van der Waals surface area contributed by atoms with Gasteiger partial charge < -0.3 is 10.1 Å². The molecule has 0 heterocycles. The number of benzene rings is 1. The van der Waals surface area contributed by atoms with Crippen LogP contribution in [-0.2, 0) is 9.53 Å². The maximum atomic E-state index is 12.3. The van der Waals surface area contributed by atoms with E-state index in [9.17, 15) is 14.4 Å². The molecule has 1 aromatic rings. The normalized spacial score (nSPS) is 30.0. The van der Waals surface area contributed by atoms with Crippen molar-refractivity contribution in [3.8, 4) is 0 Å². The number of nitrogens with one attached hydrogen (secondary N) is 2. The van der Waals surface area contributed by atoms with Crippen LogP contribution in [0, 0.1) is 17.8 Å². The molecular weight excluding hydrogens is 403 g/mol. The predicted molar refractivity (Wildman–Crippen MR) is 104 cm³/mol. The molecule has 0 spiro atoms. The van der Waals surface area contributed by atoms with Crippen LogP contribution >= 0.6 is 23.2 Å². The molecule has 0 aromatic heterocycles. The average Bonchev–Trinajstić information content (AvgIpc) is 2.58. The molecule has 0 radical (unpaired) electrons. The topological polar surface area (TPSA) is 84.5 Å². The van der Waals surface area contributed by atoms with Crippen molar-refractivity contribution < 1.29 is 19.1 Å². The van der Waals surface area contributed by atoms with Gasteiger partial charge in [-0.3, -0.25) is 10.1 Å². The number of imide groups is 1. The number of ether oxygens (including phenoxy) is 1. The standard InChI is InChI=1S/C20H22Cl2N2O4/c21-14-2-1-3-15(22)17(14)18(26)28-10-16(25)23-19(27)24-20-7-11-4-12(8-20)6-13(5-11)9-20/h1-3,11-13H,4-10H2,(H2,23,24,25,27). The molecular formula is C20H22Cl2N2O4. The second kappa shape index (κ2) is 7.56. The smallest absolute Gasteiger partial charge is 0.341 e. The summed E-state index contributed by atoms with van der Waals surface area (Å²) < 4.78 is 4.95. The SMILES string of the molecule is O=C(COC(=O)c1c(Cl)cccc1Cl)NC(=O)NC12CC3CC(CC(C3)C1)C2. The number of carbonyl (C=O) groups is 3. The van der Waals surface area contributed by atoms with Crippen LogP contribution in [0.4, 0.5) is 4.79 Å². The number of amides is 3. The van der Waals surface area contributed by atoms with Crippen molar-refractivity contribution in [2.24, 2.45) is 17.8 Å². The van der Waals surface area contributed by atoms with Gasteiger partial charge in [0.1, 0.15) is 0 Å². The van der Waals surface area contributed by atoms with E-state index in [1.807, 2.05) is 0 Å². The van der Waals surface area contributed by atoms with Crippen LogP contribution in [0.5, 0.6) is 0 Å². The Morgan fingerprint density at radius 1 is 1.00 bits per heavy atom. The number of hydrogen-bond acceptors (Lipinski definition) is 4. The highest BCUT2D eigenvalue weighted by molar-refractivity contribution is 6.39. The van der Waals surface area contributed by atoms with Gasteiger partial charge in [0.05, 0.1) is 15.6 Å². The molecule has 4 aliphatic rings. The van der Waals surface area contributed by atoms with Gasteiger partial charge >= 0.3 is 12.0 Å².